The molecule has 2 aromatic heterocycles. The first-order chi connectivity index (χ1) is 15.1. The molecular weight excluding hydrogens is 404 g/mol. The van der Waals surface area contributed by atoms with Crippen molar-refractivity contribution in [3.63, 3.8) is 0 Å². The fraction of sp³-hybridized carbons (Fsp3) is 0.407. The molecule has 0 spiro atoms. The Morgan fingerprint density at radius 1 is 1.12 bits per heavy atom. The summed E-state index contributed by atoms with van der Waals surface area (Å²) in [7, 11) is 0. The molecule has 1 aromatic carbocycles. The van der Waals surface area contributed by atoms with Crippen molar-refractivity contribution in [2.24, 2.45) is 5.92 Å². The third-order valence-corrected chi connectivity index (χ3v) is 5.90. The Bertz CT molecular complexity index is 1270. The number of carbonyl (C=O) groups is 1. The van der Waals surface area contributed by atoms with Crippen molar-refractivity contribution in [2.75, 3.05) is 0 Å². The second kappa shape index (κ2) is 9.60. The van der Waals surface area contributed by atoms with Crippen molar-refractivity contribution in [1.82, 2.24) is 0 Å². The lowest BCUT2D eigenvalue weighted by Crippen LogP contribution is -2.23. The fourth-order valence-corrected chi connectivity index (χ4v) is 3.88. The van der Waals surface area contributed by atoms with Gasteiger partial charge in [-0.25, -0.2) is 0 Å². The lowest BCUT2D eigenvalue weighted by Gasteiger charge is -2.14. The molecule has 3 aromatic rings. The van der Waals surface area contributed by atoms with E-state index in [0.717, 1.165) is 12.8 Å². The molecule has 0 aliphatic rings. The first-order valence-corrected chi connectivity index (χ1v) is 11.2. The van der Waals surface area contributed by atoms with Gasteiger partial charge in [-0.15, -0.1) is 0 Å². The summed E-state index contributed by atoms with van der Waals surface area (Å²) >= 11 is 0. The van der Waals surface area contributed by atoms with Gasteiger partial charge in [0.1, 0.15) is 16.9 Å². The van der Waals surface area contributed by atoms with Gasteiger partial charge in [-0.2, -0.15) is 0 Å². The highest BCUT2D eigenvalue weighted by Crippen LogP contribution is 2.35. The Morgan fingerprint density at radius 2 is 1.84 bits per heavy atom. The number of carbonyl (C=O) groups excluding carboxylic acids is 1. The molecule has 5 nitrogen and oxygen atoms in total. The van der Waals surface area contributed by atoms with Crippen molar-refractivity contribution >= 4 is 27.7 Å². The third-order valence-electron chi connectivity index (χ3n) is 5.90. The lowest BCUT2D eigenvalue weighted by molar-refractivity contribution is 0.0926. The van der Waals surface area contributed by atoms with E-state index in [1.54, 1.807) is 19.9 Å². The summed E-state index contributed by atoms with van der Waals surface area (Å²) in [5.41, 5.74) is 3.02. The lowest BCUT2D eigenvalue weighted by atomic mass is 9.91. The number of hydrogen-bond donors (Lipinski definition) is 1. The zero-order valence-corrected chi connectivity index (χ0v) is 19.8. The molecule has 0 bridgehead atoms. The van der Waals surface area contributed by atoms with Crippen molar-refractivity contribution in [2.45, 2.75) is 67.2 Å². The van der Waals surface area contributed by atoms with Crippen LogP contribution in [0.1, 0.15) is 75.6 Å². The predicted molar refractivity (Wildman–Crippen MR) is 129 cm³/mol. The molecule has 32 heavy (non-hydrogen) atoms. The molecule has 3 rings (SSSR count). The van der Waals surface area contributed by atoms with E-state index in [1.165, 1.54) is 17.2 Å². The molecule has 0 aliphatic carbocycles. The summed E-state index contributed by atoms with van der Waals surface area (Å²) in [6, 6.07) is 3.26. The van der Waals surface area contributed by atoms with E-state index in [2.05, 4.69) is 19.9 Å². The van der Waals surface area contributed by atoms with Crippen LogP contribution in [0.3, 0.4) is 0 Å². The van der Waals surface area contributed by atoms with E-state index >= 15 is 0 Å². The Labute approximate surface area is 188 Å². The highest BCUT2D eigenvalue weighted by Gasteiger charge is 2.27. The van der Waals surface area contributed by atoms with E-state index < -0.39 is 0 Å². The largest absolute Gasteiger partial charge is 0.481 e. The Balaban J connectivity index is 2.25. The van der Waals surface area contributed by atoms with Gasteiger partial charge in [0, 0.05) is 17.5 Å². The first kappa shape index (κ1) is 23.6. The summed E-state index contributed by atoms with van der Waals surface area (Å²) in [5.74, 6) is -0.353. The van der Waals surface area contributed by atoms with Gasteiger partial charge in [0.15, 0.2) is 16.8 Å². The monoisotopic (exact) mass is 436 g/mol. The van der Waals surface area contributed by atoms with Gasteiger partial charge in [0.2, 0.25) is 0 Å². The number of hydrogen-bond acceptors (Lipinski definition) is 5. The highest BCUT2D eigenvalue weighted by atomic mass is 16.5. The van der Waals surface area contributed by atoms with Gasteiger partial charge in [-0.1, -0.05) is 37.1 Å². The van der Waals surface area contributed by atoms with Crippen molar-refractivity contribution in [3.05, 3.63) is 62.5 Å². The van der Waals surface area contributed by atoms with Crippen LogP contribution < -0.4 is 5.43 Å². The molecule has 2 heterocycles. The average Bonchev–Trinajstić information content (AvgIpc) is 2.71. The number of benzene rings is 1. The first-order valence-electron chi connectivity index (χ1n) is 11.2. The minimum absolute atomic E-state index is 0.00241. The molecule has 5 heteroatoms. The van der Waals surface area contributed by atoms with Gasteiger partial charge in [0.05, 0.1) is 5.39 Å². The topological polar surface area (TPSA) is 80.7 Å². The Hall–Kier alpha value is -3.08. The SMILES string of the molecule is CCC(C)C(=O)c1c(=O)c(C/C=C(\C)CCC=C(C)C)c2oc(C)cc3cc(O)oc1c32. The molecule has 0 saturated carbocycles. The Morgan fingerprint density at radius 3 is 2.50 bits per heavy atom. The van der Waals surface area contributed by atoms with Gasteiger partial charge >= 0.3 is 0 Å². The van der Waals surface area contributed by atoms with Gasteiger partial charge in [-0.05, 0) is 64.8 Å². The van der Waals surface area contributed by atoms with Crippen molar-refractivity contribution in [3.8, 4) is 5.95 Å². The zero-order chi connectivity index (χ0) is 23.6. The normalized spacial score (nSPS) is 13.0. The van der Waals surface area contributed by atoms with Crippen LogP contribution in [0.2, 0.25) is 0 Å². The van der Waals surface area contributed by atoms with Crippen LogP contribution in [0, 0.1) is 12.8 Å². The van der Waals surface area contributed by atoms with E-state index in [1.807, 2.05) is 19.9 Å². The van der Waals surface area contributed by atoms with Crippen LogP contribution in [-0.2, 0) is 6.42 Å². The van der Waals surface area contributed by atoms with Gasteiger partial charge in [-0.3, -0.25) is 9.59 Å². The minimum atomic E-state index is -0.388. The second-order valence-corrected chi connectivity index (χ2v) is 8.86. The molecule has 0 aliphatic heterocycles. The summed E-state index contributed by atoms with van der Waals surface area (Å²) in [4.78, 5) is 26.8. The summed E-state index contributed by atoms with van der Waals surface area (Å²) < 4.78 is 11.5. The minimum Gasteiger partial charge on any atom is -0.481 e. The number of aryl methyl sites for hydroxylation is 1. The van der Waals surface area contributed by atoms with Crippen LogP contribution in [0.15, 0.2) is 49.1 Å². The number of allylic oxidation sites excluding steroid dienone is 4. The van der Waals surface area contributed by atoms with Crippen molar-refractivity contribution < 1.29 is 18.7 Å². The number of Topliss-reactive ketones (excluding diaryl/α,β-unsaturated/α-hetero) is 1. The third kappa shape index (κ3) is 4.72. The smallest absolute Gasteiger partial charge is 0.282 e. The standard InChI is InChI=1S/C27H32O5/c1-7-17(5)24(29)23-25(30)20(12-11-16(4)10-8-9-15(2)3)26-22-19(13-18(6)31-26)14-21(28)32-27(22)23/h9,11,13-14,17,28H,7-8,10,12H2,1-6H3/b16-11+. The predicted octanol–water partition coefficient (Wildman–Crippen LogP) is 7.02. The molecular formula is C27H32O5. The highest BCUT2D eigenvalue weighted by molar-refractivity contribution is 6.16. The van der Waals surface area contributed by atoms with E-state index in [0.29, 0.717) is 40.5 Å². The quantitative estimate of drug-likeness (QED) is 0.303. The van der Waals surface area contributed by atoms with Crippen LogP contribution in [0.25, 0.3) is 21.9 Å². The maximum atomic E-state index is 13.6. The van der Waals surface area contributed by atoms with Crippen LogP contribution in [0.4, 0.5) is 0 Å². The molecule has 0 saturated heterocycles. The Kier molecular flexibility index (Phi) is 7.07. The van der Waals surface area contributed by atoms with Gasteiger partial charge in [0.25, 0.3) is 5.95 Å². The fourth-order valence-electron chi connectivity index (χ4n) is 3.88. The summed E-state index contributed by atoms with van der Waals surface area (Å²) in [6.45, 7) is 11.7. The van der Waals surface area contributed by atoms with Crippen LogP contribution in [0.5, 0.6) is 5.95 Å². The molecule has 1 atom stereocenters. The maximum Gasteiger partial charge on any atom is 0.282 e. The molecule has 170 valence electrons. The molecule has 1 unspecified atom stereocenters. The van der Waals surface area contributed by atoms with Gasteiger partial charge < -0.3 is 13.9 Å². The second-order valence-electron chi connectivity index (χ2n) is 8.86. The van der Waals surface area contributed by atoms with E-state index in [4.69, 9.17) is 8.83 Å². The zero-order valence-electron chi connectivity index (χ0n) is 19.8. The molecule has 0 radical (unpaired) electrons. The van der Waals surface area contributed by atoms with Crippen LogP contribution in [-0.4, -0.2) is 10.9 Å². The molecule has 1 N–H and O–H groups in total. The van der Waals surface area contributed by atoms with E-state index in [9.17, 15) is 14.7 Å². The molecule has 0 amide bonds. The average molecular weight is 437 g/mol. The number of rotatable bonds is 8. The van der Waals surface area contributed by atoms with E-state index in [-0.39, 0.29) is 34.2 Å². The maximum absolute atomic E-state index is 13.6. The van der Waals surface area contributed by atoms with Crippen LogP contribution >= 0.6 is 0 Å². The molecule has 0 fully saturated rings. The van der Waals surface area contributed by atoms with Crippen molar-refractivity contribution in [1.29, 1.82) is 0 Å². The summed E-state index contributed by atoms with van der Waals surface area (Å²) in [6.07, 6.45) is 7.02. The number of aromatic hydroxyl groups is 1. The summed E-state index contributed by atoms with van der Waals surface area (Å²) in [5, 5.41) is 11.4. The number of ketones is 1.